The first-order chi connectivity index (χ1) is 9.17. The van der Waals surface area contributed by atoms with Crippen LogP contribution in [0.15, 0.2) is 30.5 Å². The van der Waals surface area contributed by atoms with E-state index in [0.29, 0.717) is 23.5 Å². The van der Waals surface area contributed by atoms with E-state index >= 15 is 0 Å². The minimum atomic E-state index is -0.162. The molecule has 0 aliphatic rings. The summed E-state index contributed by atoms with van der Waals surface area (Å²) in [5.41, 5.74) is 0.889. The largest absolute Gasteiger partial charge is 0.326 e. The van der Waals surface area contributed by atoms with E-state index < -0.39 is 0 Å². The summed E-state index contributed by atoms with van der Waals surface area (Å²) < 4.78 is 1.45. The molecule has 0 aliphatic heterocycles. The molecule has 0 atom stereocenters. The van der Waals surface area contributed by atoms with Gasteiger partial charge in [0.15, 0.2) is 6.29 Å². The number of aldehydes is 1. The molecule has 1 heterocycles. The van der Waals surface area contributed by atoms with Crippen molar-refractivity contribution in [1.29, 1.82) is 0 Å². The van der Waals surface area contributed by atoms with Crippen molar-refractivity contribution >= 4 is 29.5 Å². The summed E-state index contributed by atoms with van der Waals surface area (Å²) >= 11 is 5.81. The number of benzene rings is 1. The predicted octanol–water partition coefficient (Wildman–Crippen LogP) is 1.77. The van der Waals surface area contributed by atoms with E-state index in [2.05, 4.69) is 15.6 Å². The van der Waals surface area contributed by atoms with Gasteiger partial charge in [-0.1, -0.05) is 22.9 Å². The summed E-state index contributed by atoms with van der Waals surface area (Å²) in [5.74, 6) is -0.162. The molecule has 2 aromatic rings. The second-order valence-corrected chi connectivity index (χ2v) is 4.27. The van der Waals surface area contributed by atoms with Crippen molar-refractivity contribution in [1.82, 2.24) is 15.0 Å². The van der Waals surface area contributed by atoms with Gasteiger partial charge in [0.25, 0.3) is 0 Å². The molecule has 1 amide bonds. The Morgan fingerprint density at radius 1 is 1.47 bits per heavy atom. The van der Waals surface area contributed by atoms with Crippen LogP contribution in [0, 0.1) is 0 Å². The fourth-order valence-electron chi connectivity index (χ4n) is 1.48. The van der Waals surface area contributed by atoms with Crippen molar-refractivity contribution in [2.24, 2.45) is 0 Å². The Bertz CT molecular complexity index is 597. The smallest absolute Gasteiger partial charge is 0.226 e. The minimum absolute atomic E-state index is 0.162. The molecule has 0 aliphatic carbocycles. The molecule has 0 unspecified atom stereocenters. The molecule has 6 nitrogen and oxygen atoms in total. The molecule has 7 heteroatoms. The van der Waals surface area contributed by atoms with Crippen LogP contribution in [0.25, 0.3) is 0 Å². The highest BCUT2D eigenvalue weighted by Crippen LogP contribution is 2.14. The van der Waals surface area contributed by atoms with Crippen molar-refractivity contribution in [3.63, 3.8) is 0 Å². The monoisotopic (exact) mass is 278 g/mol. The van der Waals surface area contributed by atoms with Crippen LogP contribution in [0.4, 0.5) is 5.69 Å². The number of amides is 1. The maximum atomic E-state index is 11.7. The van der Waals surface area contributed by atoms with Gasteiger partial charge in [0.1, 0.15) is 5.69 Å². The van der Waals surface area contributed by atoms with Gasteiger partial charge in [0, 0.05) is 17.1 Å². The van der Waals surface area contributed by atoms with E-state index in [4.69, 9.17) is 11.6 Å². The lowest BCUT2D eigenvalue weighted by molar-refractivity contribution is -0.116. The molecule has 0 saturated heterocycles. The average molecular weight is 279 g/mol. The van der Waals surface area contributed by atoms with Gasteiger partial charge in [-0.2, -0.15) is 0 Å². The highest BCUT2D eigenvalue weighted by Gasteiger charge is 2.05. The standard InChI is InChI=1S/C12H11ClN4O2/c13-9-2-1-3-10(6-9)14-12(19)4-5-17-7-11(8-18)15-16-17/h1-3,6-8H,4-5H2,(H,14,19). The first kappa shape index (κ1) is 13.2. The molecule has 1 aromatic carbocycles. The molecule has 0 fully saturated rings. The van der Waals surface area contributed by atoms with Gasteiger partial charge in [-0.05, 0) is 18.2 Å². The lowest BCUT2D eigenvalue weighted by Crippen LogP contribution is -2.14. The third-order valence-corrected chi connectivity index (χ3v) is 2.59. The van der Waals surface area contributed by atoms with Gasteiger partial charge in [0.2, 0.25) is 5.91 Å². The van der Waals surface area contributed by atoms with E-state index in [9.17, 15) is 9.59 Å². The number of carbonyl (C=O) groups excluding carboxylic acids is 2. The zero-order valence-corrected chi connectivity index (χ0v) is 10.7. The van der Waals surface area contributed by atoms with Crippen LogP contribution < -0.4 is 5.32 Å². The van der Waals surface area contributed by atoms with E-state index in [1.807, 2.05) is 0 Å². The number of aromatic nitrogens is 3. The number of nitrogens with zero attached hydrogens (tertiary/aromatic N) is 3. The molecule has 0 bridgehead atoms. The van der Waals surface area contributed by atoms with Gasteiger partial charge in [-0.25, -0.2) is 0 Å². The Labute approximate surface area is 114 Å². The molecule has 1 N–H and O–H groups in total. The highest BCUT2D eigenvalue weighted by atomic mass is 35.5. The Morgan fingerprint density at radius 3 is 3.00 bits per heavy atom. The van der Waals surface area contributed by atoms with Gasteiger partial charge in [-0.3, -0.25) is 14.3 Å². The van der Waals surface area contributed by atoms with Crippen LogP contribution in [-0.4, -0.2) is 27.2 Å². The van der Waals surface area contributed by atoms with Crippen LogP contribution in [-0.2, 0) is 11.3 Å². The molecule has 19 heavy (non-hydrogen) atoms. The number of halogens is 1. The molecular weight excluding hydrogens is 268 g/mol. The predicted molar refractivity (Wildman–Crippen MR) is 70.1 cm³/mol. The van der Waals surface area contributed by atoms with E-state index in [0.717, 1.165) is 0 Å². The van der Waals surface area contributed by atoms with Gasteiger partial charge in [-0.15, -0.1) is 5.10 Å². The normalized spacial score (nSPS) is 10.2. The first-order valence-corrected chi connectivity index (χ1v) is 5.96. The zero-order chi connectivity index (χ0) is 13.7. The number of hydrogen-bond acceptors (Lipinski definition) is 4. The fraction of sp³-hybridized carbons (Fsp3) is 0.167. The van der Waals surface area contributed by atoms with E-state index in [-0.39, 0.29) is 18.0 Å². The number of hydrogen-bond donors (Lipinski definition) is 1. The third-order valence-electron chi connectivity index (χ3n) is 2.35. The maximum Gasteiger partial charge on any atom is 0.226 e. The second-order valence-electron chi connectivity index (χ2n) is 3.83. The van der Waals surface area contributed by atoms with Crippen molar-refractivity contribution < 1.29 is 9.59 Å². The van der Waals surface area contributed by atoms with Crippen LogP contribution in [0.3, 0.4) is 0 Å². The summed E-state index contributed by atoms with van der Waals surface area (Å²) in [6.45, 7) is 0.354. The van der Waals surface area contributed by atoms with Gasteiger partial charge in [0.05, 0.1) is 12.7 Å². The zero-order valence-electron chi connectivity index (χ0n) is 9.91. The molecular formula is C12H11ClN4O2. The minimum Gasteiger partial charge on any atom is -0.326 e. The number of nitrogens with one attached hydrogen (secondary N) is 1. The molecule has 1 aromatic heterocycles. The molecule has 0 spiro atoms. The maximum absolute atomic E-state index is 11.7. The number of rotatable bonds is 5. The van der Waals surface area contributed by atoms with Crippen molar-refractivity contribution in [3.05, 3.63) is 41.2 Å². The Hall–Kier alpha value is -2.21. The summed E-state index contributed by atoms with van der Waals surface area (Å²) in [7, 11) is 0. The quantitative estimate of drug-likeness (QED) is 0.846. The number of carbonyl (C=O) groups is 2. The molecule has 0 radical (unpaired) electrons. The highest BCUT2D eigenvalue weighted by molar-refractivity contribution is 6.30. The SMILES string of the molecule is O=Cc1cn(CCC(=O)Nc2cccc(Cl)c2)nn1. The summed E-state index contributed by atoms with van der Waals surface area (Å²) in [5, 5.41) is 10.6. The summed E-state index contributed by atoms with van der Waals surface area (Å²) in [6.07, 6.45) is 2.32. The van der Waals surface area contributed by atoms with E-state index in [1.54, 1.807) is 24.3 Å². The molecule has 2 rings (SSSR count). The lowest BCUT2D eigenvalue weighted by Gasteiger charge is -2.05. The lowest BCUT2D eigenvalue weighted by atomic mass is 10.3. The third kappa shape index (κ3) is 3.89. The summed E-state index contributed by atoms with van der Waals surface area (Å²) in [6, 6.07) is 6.91. The fourth-order valence-corrected chi connectivity index (χ4v) is 1.67. The first-order valence-electron chi connectivity index (χ1n) is 5.58. The summed E-state index contributed by atoms with van der Waals surface area (Å²) in [4.78, 5) is 22.1. The Morgan fingerprint density at radius 2 is 2.32 bits per heavy atom. The van der Waals surface area contributed by atoms with Crippen LogP contribution in [0.5, 0.6) is 0 Å². The topological polar surface area (TPSA) is 76.9 Å². The number of anilines is 1. The van der Waals surface area contributed by atoms with Crippen LogP contribution in [0.1, 0.15) is 16.9 Å². The van der Waals surface area contributed by atoms with Crippen molar-refractivity contribution in [2.75, 3.05) is 5.32 Å². The average Bonchev–Trinajstić information content (AvgIpc) is 2.84. The van der Waals surface area contributed by atoms with Gasteiger partial charge < -0.3 is 5.32 Å². The Kier molecular flexibility index (Phi) is 4.25. The second kappa shape index (κ2) is 6.10. The van der Waals surface area contributed by atoms with E-state index in [1.165, 1.54) is 10.9 Å². The van der Waals surface area contributed by atoms with Crippen LogP contribution in [0.2, 0.25) is 5.02 Å². The molecule has 98 valence electrons. The Balaban J connectivity index is 1.86. The number of aryl methyl sites for hydroxylation is 1. The van der Waals surface area contributed by atoms with Crippen molar-refractivity contribution in [3.8, 4) is 0 Å². The molecule has 0 saturated carbocycles. The van der Waals surface area contributed by atoms with Gasteiger partial charge >= 0.3 is 0 Å². The van der Waals surface area contributed by atoms with Crippen LogP contribution >= 0.6 is 11.6 Å². The van der Waals surface area contributed by atoms with Crippen molar-refractivity contribution in [2.45, 2.75) is 13.0 Å².